The number of nitrogens with two attached hydrogens (primary N) is 1. The number of nitrogens with one attached hydrogen (secondary N) is 1. The fourth-order valence-corrected chi connectivity index (χ4v) is 0.890. The Morgan fingerprint density at radius 2 is 2.08 bits per heavy atom. The van der Waals surface area contributed by atoms with Gasteiger partial charge in [0.1, 0.15) is 0 Å². The molecule has 0 saturated carbocycles. The zero-order chi connectivity index (χ0) is 9.78. The molecule has 0 aromatic heterocycles. The summed E-state index contributed by atoms with van der Waals surface area (Å²) in [4.78, 5) is 0. The lowest BCUT2D eigenvalue weighted by atomic mass is 10.1. The van der Waals surface area contributed by atoms with Crippen molar-refractivity contribution in [1.29, 1.82) is 0 Å². The largest absolute Gasteiger partial charge is 0.390 e. The maximum absolute atomic E-state index is 11.8. The number of rotatable bonds is 4. The third kappa shape index (κ3) is 6.18. The lowest BCUT2D eigenvalue weighted by Gasteiger charge is -2.17. The molecule has 0 bridgehead atoms. The molecule has 5 heteroatoms. The van der Waals surface area contributed by atoms with Crippen LogP contribution in [0.1, 0.15) is 19.8 Å². The Bertz CT molecular complexity index is 153. The quantitative estimate of drug-likeness (QED) is 0.395. The second kappa shape index (κ2) is 4.47. The van der Waals surface area contributed by atoms with Crippen LogP contribution in [-0.4, -0.2) is 12.2 Å². The zero-order valence-corrected chi connectivity index (χ0v) is 6.91. The van der Waals surface area contributed by atoms with Gasteiger partial charge in [-0.1, -0.05) is 5.57 Å². The second-order valence-electron chi connectivity index (χ2n) is 2.84. The summed E-state index contributed by atoms with van der Waals surface area (Å²) in [5, 5.41) is 0. The Kier molecular flexibility index (Phi) is 4.26. The highest BCUT2D eigenvalue weighted by atomic mass is 19.4. The molecule has 0 spiro atoms. The number of alkyl halides is 3. The van der Waals surface area contributed by atoms with Gasteiger partial charge in [0.15, 0.2) is 0 Å². The van der Waals surface area contributed by atoms with Crippen LogP contribution in [0.3, 0.4) is 0 Å². The van der Waals surface area contributed by atoms with E-state index in [0.717, 1.165) is 0 Å². The zero-order valence-electron chi connectivity index (χ0n) is 6.91. The molecule has 1 atom stereocenters. The Hall–Kier alpha value is -0.550. The normalized spacial score (nSPS) is 14.4. The third-order valence-electron chi connectivity index (χ3n) is 1.31. The lowest BCUT2D eigenvalue weighted by molar-refractivity contribution is -0.139. The van der Waals surface area contributed by atoms with E-state index in [1.807, 2.05) is 0 Å². The summed E-state index contributed by atoms with van der Waals surface area (Å²) >= 11 is 0. The molecule has 0 amide bonds. The fourth-order valence-electron chi connectivity index (χ4n) is 0.890. The third-order valence-corrected chi connectivity index (χ3v) is 1.31. The summed E-state index contributed by atoms with van der Waals surface area (Å²) < 4.78 is 35.5. The van der Waals surface area contributed by atoms with E-state index < -0.39 is 18.6 Å². The van der Waals surface area contributed by atoms with Crippen LogP contribution in [0.25, 0.3) is 0 Å². The van der Waals surface area contributed by atoms with Crippen LogP contribution in [0.15, 0.2) is 12.2 Å². The minimum absolute atomic E-state index is 0.246. The average molecular weight is 182 g/mol. The molecule has 72 valence electrons. The van der Waals surface area contributed by atoms with E-state index in [2.05, 4.69) is 12.0 Å². The van der Waals surface area contributed by atoms with E-state index in [1.54, 1.807) is 6.92 Å². The van der Waals surface area contributed by atoms with Gasteiger partial charge in [-0.2, -0.15) is 13.2 Å². The predicted octanol–water partition coefficient (Wildman–Crippen LogP) is 1.74. The lowest BCUT2D eigenvalue weighted by Crippen LogP contribution is -2.38. The van der Waals surface area contributed by atoms with E-state index in [4.69, 9.17) is 5.84 Å². The summed E-state index contributed by atoms with van der Waals surface area (Å²) in [6.07, 6.45) is -4.85. The molecule has 0 aromatic carbocycles. The van der Waals surface area contributed by atoms with Gasteiger partial charge in [0.2, 0.25) is 0 Å². The number of hydrazine groups is 1. The molecule has 0 rings (SSSR count). The minimum atomic E-state index is -4.17. The van der Waals surface area contributed by atoms with E-state index in [-0.39, 0.29) is 6.42 Å². The first-order valence-electron chi connectivity index (χ1n) is 3.52. The highest BCUT2D eigenvalue weighted by molar-refractivity contribution is 4.92. The van der Waals surface area contributed by atoms with Crippen molar-refractivity contribution in [3.8, 4) is 0 Å². The molecule has 0 aliphatic heterocycles. The van der Waals surface area contributed by atoms with Gasteiger partial charge in [-0.3, -0.25) is 11.3 Å². The summed E-state index contributed by atoms with van der Waals surface area (Å²) in [6, 6.07) is -0.762. The van der Waals surface area contributed by atoms with Crippen LogP contribution in [0.4, 0.5) is 13.2 Å². The maximum atomic E-state index is 11.8. The van der Waals surface area contributed by atoms with Gasteiger partial charge in [0.25, 0.3) is 0 Å². The summed E-state index contributed by atoms with van der Waals surface area (Å²) in [6.45, 7) is 5.18. The SMILES string of the molecule is C=C(C)CC(CC(F)(F)F)NN. The predicted molar refractivity (Wildman–Crippen MR) is 41.2 cm³/mol. The Morgan fingerprint density at radius 3 is 2.33 bits per heavy atom. The standard InChI is InChI=1S/C7H13F3N2/c1-5(2)3-6(12-11)4-7(8,9)10/h6,12H,1,3-4,11H2,2H3. The molecule has 0 aliphatic carbocycles. The van der Waals surface area contributed by atoms with Crippen molar-refractivity contribution < 1.29 is 13.2 Å². The first kappa shape index (κ1) is 11.4. The van der Waals surface area contributed by atoms with Crippen molar-refractivity contribution in [3.05, 3.63) is 12.2 Å². The molecule has 12 heavy (non-hydrogen) atoms. The summed E-state index contributed by atoms with van der Waals surface area (Å²) in [7, 11) is 0. The smallest absolute Gasteiger partial charge is 0.271 e. The Labute approximate surface area is 69.6 Å². The number of halogens is 3. The van der Waals surface area contributed by atoms with Crippen LogP contribution in [0.2, 0.25) is 0 Å². The van der Waals surface area contributed by atoms with Crippen molar-refractivity contribution in [2.75, 3.05) is 0 Å². The van der Waals surface area contributed by atoms with Gasteiger partial charge in [0.05, 0.1) is 6.42 Å². The van der Waals surface area contributed by atoms with Crippen LogP contribution < -0.4 is 11.3 Å². The number of hydrogen-bond donors (Lipinski definition) is 2. The first-order valence-corrected chi connectivity index (χ1v) is 3.52. The second-order valence-corrected chi connectivity index (χ2v) is 2.84. The van der Waals surface area contributed by atoms with Gasteiger partial charge in [0, 0.05) is 6.04 Å². The average Bonchev–Trinajstić information content (AvgIpc) is 1.82. The summed E-state index contributed by atoms with van der Waals surface area (Å²) in [5.74, 6) is 4.94. The van der Waals surface area contributed by atoms with Gasteiger partial charge in [-0.25, -0.2) is 0 Å². The highest BCUT2D eigenvalue weighted by Crippen LogP contribution is 2.23. The molecular weight excluding hydrogens is 169 g/mol. The van der Waals surface area contributed by atoms with E-state index in [0.29, 0.717) is 5.57 Å². The van der Waals surface area contributed by atoms with Gasteiger partial charge >= 0.3 is 6.18 Å². The van der Waals surface area contributed by atoms with E-state index in [1.165, 1.54) is 0 Å². The van der Waals surface area contributed by atoms with Gasteiger partial charge in [-0.05, 0) is 13.3 Å². The van der Waals surface area contributed by atoms with Gasteiger partial charge < -0.3 is 0 Å². The molecule has 1 unspecified atom stereocenters. The molecule has 0 radical (unpaired) electrons. The number of hydrogen-bond acceptors (Lipinski definition) is 2. The van der Waals surface area contributed by atoms with Gasteiger partial charge in [-0.15, -0.1) is 6.58 Å². The molecule has 0 saturated heterocycles. The van der Waals surface area contributed by atoms with Crippen molar-refractivity contribution in [1.82, 2.24) is 5.43 Å². The highest BCUT2D eigenvalue weighted by Gasteiger charge is 2.31. The van der Waals surface area contributed by atoms with Crippen LogP contribution in [0.5, 0.6) is 0 Å². The van der Waals surface area contributed by atoms with Crippen LogP contribution in [-0.2, 0) is 0 Å². The molecule has 0 fully saturated rings. The monoisotopic (exact) mass is 182 g/mol. The maximum Gasteiger partial charge on any atom is 0.390 e. The molecule has 2 nitrogen and oxygen atoms in total. The Morgan fingerprint density at radius 1 is 1.58 bits per heavy atom. The Balaban J connectivity index is 3.92. The molecule has 0 heterocycles. The van der Waals surface area contributed by atoms with Crippen molar-refractivity contribution in [2.24, 2.45) is 5.84 Å². The van der Waals surface area contributed by atoms with Crippen LogP contribution in [0, 0.1) is 0 Å². The summed E-state index contributed by atoms with van der Waals surface area (Å²) in [5.41, 5.74) is 2.79. The fraction of sp³-hybridized carbons (Fsp3) is 0.714. The van der Waals surface area contributed by atoms with Crippen molar-refractivity contribution in [3.63, 3.8) is 0 Å². The van der Waals surface area contributed by atoms with Crippen molar-refractivity contribution in [2.45, 2.75) is 32.0 Å². The molecule has 3 N–H and O–H groups in total. The topological polar surface area (TPSA) is 38.0 Å². The molecule has 0 aromatic rings. The van der Waals surface area contributed by atoms with Crippen molar-refractivity contribution >= 4 is 0 Å². The van der Waals surface area contributed by atoms with E-state index >= 15 is 0 Å². The first-order chi connectivity index (χ1) is 5.35. The molecule has 0 aliphatic rings. The molecular formula is C7H13F3N2. The van der Waals surface area contributed by atoms with Crippen LogP contribution >= 0.6 is 0 Å². The van der Waals surface area contributed by atoms with E-state index in [9.17, 15) is 13.2 Å². The minimum Gasteiger partial charge on any atom is -0.271 e.